The Labute approximate surface area is 604 Å². The third kappa shape index (κ3) is 13.8. The molecule has 103 heavy (non-hydrogen) atoms. The van der Waals surface area contributed by atoms with Gasteiger partial charge in [-0.25, -0.2) is 87.8 Å². The first-order valence-electron chi connectivity index (χ1n) is 36.4. The number of rotatable bonds is 14. The molecule has 0 saturated heterocycles. The van der Waals surface area contributed by atoms with Crippen LogP contribution >= 0.6 is 15.8 Å². The molecule has 0 radical (unpaired) electrons. The molecule has 0 N–H and O–H groups in total. The van der Waals surface area contributed by atoms with Crippen molar-refractivity contribution in [3.8, 4) is 6.07 Å². The molecule has 0 atom stereocenters. The third-order valence-electron chi connectivity index (χ3n) is 26.5. The van der Waals surface area contributed by atoms with Gasteiger partial charge < -0.3 is 9.90 Å². The Kier molecular flexibility index (Phi) is 23.7. The molecule has 16 saturated carbocycles. The zero-order chi connectivity index (χ0) is 73.9. The van der Waals surface area contributed by atoms with E-state index in [9.17, 15) is 52.7 Å². The minimum Gasteiger partial charge on any atom is -0.550 e. The number of nitriles is 1. The molecule has 0 aromatic heterocycles. The summed E-state index contributed by atoms with van der Waals surface area (Å²) >= 11 is 0. The Morgan fingerprint density at radius 3 is 0.573 bits per heavy atom. The number of unbranched alkanes of at least 4 members (excludes halogenated alkanes) is 2. The van der Waals surface area contributed by atoms with Crippen molar-refractivity contribution in [1.29, 1.82) is 5.26 Å². The van der Waals surface area contributed by atoms with Gasteiger partial charge in [0, 0.05) is 12.9 Å². The van der Waals surface area contributed by atoms with Crippen LogP contribution in [0.25, 0.3) is 0 Å². The average molecular weight is 1600 g/mol. The van der Waals surface area contributed by atoms with Gasteiger partial charge in [-0.1, -0.05) is 42.5 Å². The second-order valence-electron chi connectivity index (χ2n) is 33.1. The monoisotopic (exact) mass is 1600 g/mol. The van der Waals surface area contributed by atoms with Crippen LogP contribution in [0.15, 0.2) is 0 Å². The van der Waals surface area contributed by atoms with Crippen LogP contribution in [0.5, 0.6) is 0 Å². The van der Waals surface area contributed by atoms with Gasteiger partial charge in [-0.3, -0.25) is 0 Å². The minimum absolute atomic E-state index is 0. The zero-order valence-corrected chi connectivity index (χ0v) is 61.1. The molecule has 27 heteroatoms. The van der Waals surface area contributed by atoms with Crippen LogP contribution in [0.2, 0.25) is 0 Å². The van der Waals surface area contributed by atoms with Gasteiger partial charge in [-0.15, -0.1) is 21.9 Å². The third-order valence-corrected chi connectivity index (χ3v) is 34.8. The SMILES string of the molecule is CC#N.CC(=O)[O-].CCCCP(C12CC3CC(CC(C3)C1)C2)C12CC3CC(CC(C3)C1)C2.CCCCP(C12CC3CC(CC(C3)C1)C2)C12CC3CC(CC(C3)C1)C2.Fc1c(F)c(F)c([B-](c2c(F)c(F)c(F)c(F)c2F)(c2c(F)c(F)c(F)c(F)c2F)c2c(F)c(F)c(F)c(F)c2F)c(F)c1F.[Pd+2]. The van der Waals surface area contributed by atoms with Gasteiger partial charge in [0.1, 0.15) is 52.7 Å². The van der Waals surface area contributed by atoms with E-state index >= 15 is 35.1 Å². The Balaban J connectivity index is 0.000000155. The summed E-state index contributed by atoms with van der Waals surface area (Å²) in [4.78, 5) is 8.89. The maximum Gasteiger partial charge on any atom is 2.00 e. The summed E-state index contributed by atoms with van der Waals surface area (Å²) in [6.45, 7) is 7.31. The van der Waals surface area contributed by atoms with Gasteiger partial charge in [-0.2, -0.15) is 5.26 Å². The number of carboxylic acid groups (broad SMARTS) is 1. The standard InChI is InChI=1S/C24BF20.2C24H39P.C2H3N.C2H4O2.Pd/c26-5-1(6(27)14(35)21(42)13(5)34)25(2-7(28)15(36)22(43)16(37)8(2)29,3-9(30)17(38)23(44)18(39)10(3)31)4-11(32)19(40)24(45)20(41)12(4)33;2*1-2-3-4-25(23-11-17-5-18(12-23)7-19(6-17)13-23)24-14-20-8-21(15-24)10-22(9-20)16-24;1-2-3;1-2(3)4;/h;2*17-22H,2-16H2,1H3;1H3;1H3,(H,3,4);/q-1;;;;;+2/p-1. The van der Waals surface area contributed by atoms with E-state index in [-0.39, 0.29) is 36.3 Å². The normalized spacial score (nSPS) is 33.0. The van der Waals surface area contributed by atoms with Crippen molar-refractivity contribution < 1.29 is 118 Å². The van der Waals surface area contributed by atoms with Crippen LogP contribution in [0, 0.1) is 199 Å². The summed E-state index contributed by atoms with van der Waals surface area (Å²) in [5.41, 5.74) is -14.3. The molecule has 0 unspecified atom stereocenters. The molecule has 4 aromatic rings. The molecule has 568 valence electrons. The van der Waals surface area contributed by atoms with E-state index < -0.39 is 150 Å². The van der Waals surface area contributed by atoms with E-state index in [1.54, 1.807) is 185 Å². The van der Waals surface area contributed by atoms with Crippen molar-refractivity contribution in [2.75, 3.05) is 12.3 Å². The molecule has 4 aromatic carbocycles. The van der Waals surface area contributed by atoms with Crippen molar-refractivity contribution in [3.63, 3.8) is 0 Å². The van der Waals surface area contributed by atoms with Crippen LogP contribution in [0.4, 0.5) is 87.8 Å². The molecule has 0 aliphatic heterocycles. The molecule has 16 bridgehead atoms. The van der Waals surface area contributed by atoms with Gasteiger partial charge in [0.15, 0.2) is 69.8 Å². The molecule has 0 amide bonds. The molecular formula is C76H84BF20NO2P2Pd. The number of hydrogen-bond donors (Lipinski definition) is 0. The summed E-state index contributed by atoms with van der Waals surface area (Å²) in [6.07, 6.45) is 42.0. The predicted octanol–water partition coefficient (Wildman–Crippen LogP) is 19.5. The van der Waals surface area contributed by atoms with E-state index in [1.807, 2.05) is 0 Å². The summed E-state index contributed by atoms with van der Waals surface area (Å²) in [5, 5.41) is 19.7. The maximum absolute atomic E-state index is 15.4. The average Bonchev–Trinajstić information content (AvgIpc) is 0.677. The number of hydrogen-bond acceptors (Lipinski definition) is 3. The number of nitrogens with zero attached hydrogens (tertiary/aromatic N) is 1. The molecule has 0 heterocycles. The number of halogens is 20. The van der Waals surface area contributed by atoms with E-state index in [0.29, 0.717) is 0 Å². The van der Waals surface area contributed by atoms with Crippen LogP contribution in [0.1, 0.15) is 207 Å². The fourth-order valence-electron chi connectivity index (χ4n) is 25.0. The number of carboxylic acids is 1. The minimum atomic E-state index is -7.22. The topological polar surface area (TPSA) is 63.9 Å². The molecule has 0 spiro atoms. The summed E-state index contributed by atoms with van der Waals surface area (Å²) in [7, 11) is 0.571. The summed E-state index contributed by atoms with van der Waals surface area (Å²) in [5.74, 6) is -58.6. The van der Waals surface area contributed by atoms with Crippen LogP contribution in [-0.2, 0) is 25.2 Å². The van der Waals surface area contributed by atoms with Crippen LogP contribution < -0.4 is 27.0 Å². The molecule has 16 fully saturated rings. The zero-order valence-electron chi connectivity index (χ0n) is 57.8. The van der Waals surface area contributed by atoms with Crippen molar-refractivity contribution in [2.45, 2.75) is 228 Å². The van der Waals surface area contributed by atoms with E-state index in [1.165, 1.54) is 19.8 Å². The van der Waals surface area contributed by atoms with E-state index in [4.69, 9.17) is 15.2 Å². The summed E-state index contributed by atoms with van der Waals surface area (Å²) in [6, 6.07) is 1.75. The fourth-order valence-corrected chi connectivity index (χ4v) is 36.0. The van der Waals surface area contributed by atoms with Crippen LogP contribution in [-0.4, -0.2) is 45.1 Å². The smallest absolute Gasteiger partial charge is 0.550 e. The largest absolute Gasteiger partial charge is 2.00 e. The molecule has 20 rings (SSSR count). The quantitative estimate of drug-likeness (QED) is 0.0415. The van der Waals surface area contributed by atoms with E-state index in [0.717, 1.165) is 98.6 Å². The van der Waals surface area contributed by atoms with Gasteiger partial charge in [-0.05, 0) is 278 Å². The maximum atomic E-state index is 15.4. The molecular weight excluding hydrogens is 1520 g/mol. The molecule has 16 aliphatic rings. The van der Waals surface area contributed by atoms with Crippen molar-refractivity contribution in [3.05, 3.63) is 116 Å². The number of carbonyl (C=O) groups excluding carboxylic acids is 1. The van der Waals surface area contributed by atoms with Crippen LogP contribution in [0.3, 0.4) is 0 Å². The number of carbonyl (C=O) groups is 1. The van der Waals surface area contributed by atoms with Crippen molar-refractivity contribution >= 4 is 49.8 Å². The molecule has 3 nitrogen and oxygen atoms in total. The predicted molar refractivity (Wildman–Crippen MR) is 348 cm³/mol. The van der Waals surface area contributed by atoms with Gasteiger partial charge in [0.2, 0.25) is 0 Å². The second-order valence-corrected chi connectivity index (χ2v) is 39.5. The first kappa shape index (κ1) is 80.1. The van der Waals surface area contributed by atoms with Gasteiger partial charge in [0.05, 0.1) is 6.07 Å². The van der Waals surface area contributed by atoms with Gasteiger partial charge >= 0.3 is 20.4 Å². The Morgan fingerprint density at radius 2 is 0.456 bits per heavy atom. The Hall–Kier alpha value is -3.97. The summed E-state index contributed by atoms with van der Waals surface area (Å²) < 4.78 is 294. The first-order chi connectivity index (χ1) is 48.2. The Bertz CT molecular complexity index is 3230. The fraction of sp³-hybridized carbons (Fsp3) is 0.658. The first-order valence-corrected chi connectivity index (χ1v) is 39.5. The molecule has 16 aliphatic carbocycles. The van der Waals surface area contributed by atoms with Gasteiger partial charge in [0.25, 0.3) is 0 Å². The van der Waals surface area contributed by atoms with E-state index in [2.05, 4.69) is 13.8 Å². The van der Waals surface area contributed by atoms with Crippen molar-refractivity contribution in [1.82, 2.24) is 0 Å². The number of benzene rings is 4. The second kappa shape index (κ2) is 30.5. The Morgan fingerprint density at radius 1 is 0.340 bits per heavy atom. The number of aliphatic carboxylic acids is 1. The van der Waals surface area contributed by atoms with Crippen molar-refractivity contribution in [2.24, 2.45) is 71.0 Å².